The van der Waals surface area contributed by atoms with Gasteiger partial charge in [0.05, 0.1) is 11.5 Å². The maximum absolute atomic E-state index is 11.9. The highest BCUT2D eigenvalue weighted by molar-refractivity contribution is 7.91. The summed E-state index contributed by atoms with van der Waals surface area (Å²) in [6.07, 6.45) is 3.03. The first-order valence-corrected chi connectivity index (χ1v) is 11.0. The molecule has 1 atom stereocenters. The normalized spacial score (nSPS) is 23.7. The summed E-state index contributed by atoms with van der Waals surface area (Å²) < 4.78 is 23.7. The zero-order valence-electron chi connectivity index (χ0n) is 14.8. The molecular formula is C16H31N3O2S2. The molecule has 7 heteroatoms. The van der Waals surface area contributed by atoms with Crippen molar-refractivity contribution >= 4 is 27.2 Å². The molecule has 0 bridgehead atoms. The Morgan fingerprint density at radius 2 is 1.74 bits per heavy atom. The van der Waals surface area contributed by atoms with Crippen molar-refractivity contribution in [1.29, 1.82) is 0 Å². The number of nitrogens with one attached hydrogen (secondary N) is 1. The molecule has 2 aliphatic rings. The van der Waals surface area contributed by atoms with Crippen molar-refractivity contribution in [2.24, 2.45) is 0 Å². The van der Waals surface area contributed by atoms with Gasteiger partial charge in [-0.05, 0) is 59.2 Å². The van der Waals surface area contributed by atoms with Gasteiger partial charge >= 0.3 is 0 Å². The molecule has 0 amide bonds. The molecule has 23 heavy (non-hydrogen) atoms. The molecule has 0 unspecified atom stereocenters. The first kappa shape index (κ1) is 18.9. The minimum atomic E-state index is -2.90. The average Bonchev–Trinajstić information content (AvgIpc) is 3.15. The summed E-state index contributed by atoms with van der Waals surface area (Å²) in [5.74, 6) is 0.529. The number of thiocarbonyl (C=S) groups is 1. The third-order valence-electron chi connectivity index (χ3n) is 4.74. The van der Waals surface area contributed by atoms with E-state index in [1.165, 1.54) is 12.8 Å². The highest BCUT2D eigenvalue weighted by Crippen LogP contribution is 2.22. The summed E-state index contributed by atoms with van der Waals surface area (Å²) in [6.45, 7) is 10.5. The number of rotatable bonds is 7. The SMILES string of the molecule is CC(C)N(CCN(C(=S)NC1CC1)[C@@H]1CCS(=O)(=O)C1)C(C)C. The van der Waals surface area contributed by atoms with Crippen molar-refractivity contribution in [2.45, 2.75) is 71.1 Å². The fourth-order valence-electron chi connectivity index (χ4n) is 3.29. The Morgan fingerprint density at radius 1 is 1.13 bits per heavy atom. The predicted octanol–water partition coefficient (Wildman–Crippen LogP) is 1.63. The van der Waals surface area contributed by atoms with Crippen LogP contribution in [0.4, 0.5) is 0 Å². The second-order valence-corrected chi connectivity index (χ2v) is 10.0. The monoisotopic (exact) mass is 361 g/mol. The summed E-state index contributed by atoms with van der Waals surface area (Å²) >= 11 is 5.59. The van der Waals surface area contributed by atoms with E-state index in [1.54, 1.807) is 0 Å². The molecule has 0 aromatic carbocycles. The third-order valence-corrected chi connectivity index (χ3v) is 6.84. The van der Waals surface area contributed by atoms with E-state index in [9.17, 15) is 8.42 Å². The lowest BCUT2D eigenvalue weighted by Crippen LogP contribution is -2.51. The molecule has 0 spiro atoms. The van der Waals surface area contributed by atoms with E-state index in [4.69, 9.17) is 12.2 Å². The zero-order valence-corrected chi connectivity index (χ0v) is 16.4. The van der Waals surface area contributed by atoms with Crippen molar-refractivity contribution in [2.75, 3.05) is 24.6 Å². The highest BCUT2D eigenvalue weighted by atomic mass is 32.2. The Balaban J connectivity index is 2.02. The highest BCUT2D eigenvalue weighted by Gasteiger charge is 2.35. The topological polar surface area (TPSA) is 52.6 Å². The van der Waals surface area contributed by atoms with Gasteiger partial charge in [-0.15, -0.1) is 0 Å². The van der Waals surface area contributed by atoms with Gasteiger partial charge in [-0.3, -0.25) is 4.90 Å². The van der Waals surface area contributed by atoms with E-state index in [0.29, 0.717) is 24.5 Å². The van der Waals surface area contributed by atoms with Gasteiger partial charge in [0.2, 0.25) is 0 Å². The molecular weight excluding hydrogens is 330 g/mol. The Labute approximate surface area is 146 Å². The lowest BCUT2D eigenvalue weighted by molar-refractivity contribution is 0.154. The first-order chi connectivity index (χ1) is 10.7. The average molecular weight is 362 g/mol. The minimum absolute atomic E-state index is 0.0277. The molecule has 1 saturated carbocycles. The lowest BCUT2D eigenvalue weighted by Gasteiger charge is -2.36. The quantitative estimate of drug-likeness (QED) is 0.696. The fraction of sp³-hybridized carbons (Fsp3) is 0.938. The van der Waals surface area contributed by atoms with Gasteiger partial charge in [0.1, 0.15) is 0 Å². The van der Waals surface area contributed by atoms with Crippen LogP contribution < -0.4 is 5.32 Å². The van der Waals surface area contributed by atoms with Crippen LogP contribution in [0, 0.1) is 0 Å². The lowest BCUT2D eigenvalue weighted by atomic mass is 10.2. The van der Waals surface area contributed by atoms with Crippen LogP contribution in [0.25, 0.3) is 0 Å². The molecule has 5 nitrogen and oxygen atoms in total. The summed E-state index contributed by atoms with van der Waals surface area (Å²) in [4.78, 5) is 4.56. The van der Waals surface area contributed by atoms with Crippen LogP contribution >= 0.6 is 12.2 Å². The van der Waals surface area contributed by atoms with Gasteiger partial charge < -0.3 is 10.2 Å². The van der Waals surface area contributed by atoms with Crippen LogP contribution in [0.3, 0.4) is 0 Å². The molecule has 1 aliphatic carbocycles. The van der Waals surface area contributed by atoms with E-state index >= 15 is 0 Å². The molecule has 2 fully saturated rings. The summed E-state index contributed by atoms with van der Waals surface area (Å²) in [5, 5.41) is 4.12. The third kappa shape index (κ3) is 5.57. The summed E-state index contributed by atoms with van der Waals surface area (Å²) in [6, 6.07) is 1.46. The molecule has 2 rings (SSSR count). The molecule has 1 aliphatic heterocycles. The Hall–Kier alpha value is -0.400. The van der Waals surface area contributed by atoms with Crippen molar-refractivity contribution in [3.8, 4) is 0 Å². The number of hydrogen-bond acceptors (Lipinski definition) is 4. The van der Waals surface area contributed by atoms with Gasteiger partial charge in [-0.1, -0.05) is 0 Å². The van der Waals surface area contributed by atoms with E-state index in [1.807, 2.05) is 0 Å². The predicted molar refractivity (Wildman–Crippen MR) is 99.5 cm³/mol. The largest absolute Gasteiger partial charge is 0.360 e. The molecule has 134 valence electrons. The van der Waals surface area contributed by atoms with Crippen LogP contribution in [0.2, 0.25) is 0 Å². The van der Waals surface area contributed by atoms with Gasteiger partial charge in [0, 0.05) is 37.3 Å². The zero-order chi connectivity index (χ0) is 17.2. The first-order valence-electron chi connectivity index (χ1n) is 8.73. The Bertz CT molecular complexity index is 507. The van der Waals surface area contributed by atoms with Crippen LogP contribution in [-0.4, -0.2) is 72.1 Å². The maximum Gasteiger partial charge on any atom is 0.169 e. The van der Waals surface area contributed by atoms with Crippen LogP contribution in [-0.2, 0) is 9.84 Å². The molecule has 0 radical (unpaired) electrons. The molecule has 1 saturated heterocycles. The van der Waals surface area contributed by atoms with E-state index in [2.05, 4.69) is 42.8 Å². The number of hydrogen-bond donors (Lipinski definition) is 1. The van der Waals surface area contributed by atoms with Crippen LogP contribution in [0.1, 0.15) is 47.0 Å². The molecule has 0 aromatic rings. The standard InChI is InChI=1S/C16H31N3O2S2/c1-12(2)18(13(3)4)8-9-19(16(22)17-14-5-6-14)15-7-10-23(20,21)11-15/h12-15H,5-11H2,1-4H3,(H,17,22)/t15-/m1/s1. The van der Waals surface area contributed by atoms with E-state index in [-0.39, 0.29) is 17.5 Å². The van der Waals surface area contributed by atoms with Crippen LogP contribution in [0.15, 0.2) is 0 Å². The second-order valence-electron chi connectivity index (χ2n) is 7.40. The second kappa shape index (κ2) is 7.66. The van der Waals surface area contributed by atoms with Crippen molar-refractivity contribution in [3.05, 3.63) is 0 Å². The van der Waals surface area contributed by atoms with Crippen molar-refractivity contribution in [3.63, 3.8) is 0 Å². The van der Waals surface area contributed by atoms with Gasteiger partial charge in [-0.25, -0.2) is 8.42 Å². The van der Waals surface area contributed by atoms with Crippen molar-refractivity contribution in [1.82, 2.24) is 15.1 Å². The minimum Gasteiger partial charge on any atom is -0.360 e. The van der Waals surface area contributed by atoms with E-state index in [0.717, 1.165) is 18.2 Å². The summed E-state index contributed by atoms with van der Waals surface area (Å²) in [7, 11) is -2.90. The van der Waals surface area contributed by atoms with Crippen molar-refractivity contribution < 1.29 is 8.42 Å². The van der Waals surface area contributed by atoms with Gasteiger partial charge in [-0.2, -0.15) is 0 Å². The molecule has 1 N–H and O–H groups in total. The van der Waals surface area contributed by atoms with Gasteiger partial charge in [0.25, 0.3) is 0 Å². The van der Waals surface area contributed by atoms with Gasteiger partial charge in [0.15, 0.2) is 14.9 Å². The Kier molecular flexibility index (Phi) is 6.30. The molecule has 0 aromatic heterocycles. The number of sulfone groups is 1. The smallest absolute Gasteiger partial charge is 0.169 e. The fourth-order valence-corrected chi connectivity index (χ4v) is 5.43. The Morgan fingerprint density at radius 3 is 2.17 bits per heavy atom. The number of nitrogens with zero attached hydrogens (tertiary/aromatic N) is 2. The van der Waals surface area contributed by atoms with E-state index < -0.39 is 9.84 Å². The maximum atomic E-state index is 11.9. The molecule has 1 heterocycles. The summed E-state index contributed by atoms with van der Waals surface area (Å²) in [5.41, 5.74) is 0. The van der Waals surface area contributed by atoms with Crippen LogP contribution in [0.5, 0.6) is 0 Å².